The van der Waals surface area contributed by atoms with Crippen molar-refractivity contribution in [2.75, 3.05) is 31.6 Å². The molecule has 1 saturated heterocycles. The van der Waals surface area contributed by atoms with Crippen molar-refractivity contribution in [3.8, 4) is 0 Å². The molecule has 2 heterocycles. The fourth-order valence-electron chi connectivity index (χ4n) is 2.58. The molecule has 0 saturated carbocycles. The van der Waals surface area contributed by atoms with Gasteiger partial charge in [0.05, 0.1) is 11.9 Å². The third-order valence-corrected chi connectivity index (χ3v) is 3.46. The van der Waals surface area contributed by atoms with Crippen molar-refractivity contribution in [3.63, 3.8) is 0 Å². The van der Waals surface area contributed by atoms with E-state index in [-0.39, 0.29) is 0 Å². The molecular weight excluding hydrogens is 212 g/mol. The predicted octanol–water partition coefficient (Wildman–Crippen LogP) is 1.07. The van der Waals surface area contributed by atoms with Crippen LogP contribution in [0.4, 0.5) is 5.69 Å². The van der Waals surface area contributed by atoms with E-state index in [4.69, 9.17) is 5.73 Å². The van der Waals surface area contributed by atoms with Gasteiger partial charge in [-0.1, -0.05) is 0 Å². The molecule has 1 fully saturated rings. The maximum absolute atomic E-state index is 5.80. The van der Waals surface area contributed by atoms with Gasteiger partial charge in [0.2, 0.25) is 0 Å². The Morgan fingerprint density at radius 3 is 3.06 bits per heavy atom. The van der Waals surface area contributed by atoms with E-state index in [1.807, 2.05) is 18.5 Å². The highest BCUT2D eigenvalue weighted by atomic mass is 15.2. The standard InChI is InChI=1S/C13H22N4/c1-11-10-16(2)6-3-7-17(11)13-9-15-5-4-12(13)8-14/h4-5,9,11H,3,6-8,10,14H2,1-2H3. The molecule has 0 spiro atoms. The minimum absolute atomic E-state index is 0.511. The Morgan fingerprint density at radius 2 is 2.29 bits per heavy atom. The Morgan fingerprint density at radius 1 is 1.47 bits per heavy atom. The van der Waals surface area contributed by atoms with Crippen molar-refractivity contribution >= 4 is 5.69 Å². The monoisotopic (exact) mass is 234 g/mol. The second-order valence-electron chi connectivity index (χ2n) is 4.87. The molecule has 94 valence electrons. The number of likely N-dealkylation sites (N-methyl/N-ethyl adjacent to an activating group) is 1. The zero-order chi connectivity index (χ0) is 12.3. The fourth-order valence-corrected chi connectivity index (χ4v) is 2.58. The topological polar surface area (TPSA) is 45.4 Å². The Labute approximate surface area is 103 Å². The lowest BCUT2D eigenvalue weighted by Gasteiger charge is -2.31. The molecule has 0 bridgehead atoms. The normalized spacial score (nSPS) is 22.5. The third kappa shape index (κ3) is 2.76. The van der Waals surface area contributed by atoms with E-state index in [1.165, 1.54) is 24.2 Å². The summed E-state index contributed by atoms with van der Waals surface area (Å²) in [6.45, 7) is 6.20. The van der Waals surface area contributed by atoms with Gasteiger partial charge in [-0.2, -0.15) is 0 Å². The summed E-state index contributed by atoms with van der Waals surface area (Å²) in [7, 11) is 2.19. The summed E-state index contributed by atoms with van der Waals surface area (Å²) in [5, 5.41) is 0. The van der Waals surface area contributed by atoms with Gasteiger partial charge in [-0.25, -0.2) is 0 Å². The summed E-state index contributed by atoms with van der Waals surface area (Å²) in [5.41, 5.74) is 8.20. The highest BCUT2D eigenvalue weighted by Crippen LogP contribution is 2.23. The summed E-state index contributed by atoms with van der Waals surface area (Å²) in [5.74, 6) is 0. The number of pyridine rings is 1. The Hall–Kier alpha value is -1.13. The molecule has 1 aromatic heterocycles. The molecule has 0 radical (unpaired) electrons. The fraction of sp³-hybridized carbons (Fsp3) is 0.615. The van der Waals surface area contributed by atoms with Gasteiger partial charge in [0, 0.05) is 31.9 Å². The second kappa shape index (κ2) is 5.47. The zero-order valence-electron chi connectivity index (χ0n) is 10.8. The zero-order valence-corrected chi connectivity index (χ0v) is 10.8. The minimum atomic E-state index is 0.511. The van der Waals surface area contributed by atoms with E-state index in [0.717, 1.165) is 13.1 Å². The van der Waals surface area contributed by atoms with E-state index in [2.05, 4.69) is 28.8 Å². The van der Waals surface area contributed by atoms with Gasteiger partial charge in [-0.15, -0.1) is 0 Å². The number of anilines is 1. The van der Waals surface area contributed by atoms with Crippen LogP contribution in [0.1, 0.15) is 18.9 Å². The predicted molar refractivity (Wildman–Crippen MR) is 71.1 cm³/mol. The van der Waals surface area contributed by atoms with Gasteiger partial charge in [-0.05, 0) is 38.6 Å². The molecule has 2 rings (SSSR count). The molecule has 0 aromatic carbocycles. The first-order chi connectivity index (χ1) is 8.22. The number of nitrogens with two attached hydrogens (primary N) is 1. The molecule has 1 aromatic rings. The van der Waals surface area contributed by atoms with E-state index in [9.17, 15) is 0 Å². The smallest absolute Gasteiger partial charge is 0.0601 e. The molecule has 17 heavy (non-hydrogen) atoms. The Kier molecular flexibility index (Phi) is 3.97. The first-order valence-corrected chi connectivity index (χ1v) is 6.30. The molecule has 1 atom stereocenters. The summed E-state index contributed by atoms with van der Waals surface area (Å²) >= 11 is 0. The van der Waals surface area contributed by atoms with Crippen LogP contribution in [0.3, 0.4) is 0 Å². The average Bonchev–Trinajstić information content (AvgIpc) is 2.50. The molecule has 4 heteroatoms. The summed E-state index contributed by atoms with van der Waals surface area (Å²) < 4.78 is 0. The van der Waals surface area contributed by atoms with Gasteiger partial charge in [-0.3, -0.25) is 4.98 Å². The SMILES string of the molecule is CC1CN(C)CCCN1c1cnccc1CN. The lowest BCUT2D eigenvalue weighted by Crippen LogP contribution is -2.38. The first-order valence-electron chi connectivity index (χ1n) is 6.30. The van der Waals surface area contributed by atoms with Crippen molar-refractivity contribution in [2.24, 2.45) is 5.73 Å². The number of hydrogen-bond donors (Lipinski definition) is 1. The quantitative estimate of drug-likeness (QED) is 0.831. The lowest BCUT2D eigenvalue weighted by atomic mass is 10.1. The molecule has 2 N–H and O–H groups in total. The molecule has 1 aliphatic heterocycles. The van der Waals surface area contributed by atoms with Crippen LogP contribution in [-0.4, -0.2) is 42.6 Å². The van der Waals surface area contributed by atoms with Gasteiger partial charge < -0.3 is 15.5 Å². The lowest BCUT2D eigenvalue weighted by molar-refractivity contribution is 0.337. The van der Waals surface area contributed by atoms with Crippen LogP contribution >= 0.6 is 0 Å². The molecule has 4 nitrogen and oxygen atoms in total. The van der Waals surface area contributed by atoms with E-state index in [1.54, 1.807) is 0 Å². The molecule has 0 amide bonds. The Balaban J connectivity index is 2.25. The van der Waals surface area contributed by atoms with Gasteiger partial charge >= 0.3 is 0 Å². The third-order valence-electron chi connectivity index (χ3n) is 3.46. The van der Waals surface area contributed by atoms with Crippen LogP contribution in [0.25, 0.3) is 0 Å². The maximum Gasteiger partial charge on any atom is 0.0601 e. The van der Waals surface area contributed by atoms with Crippen molar-refractivity contribution in [2.45, 2.75) is 25.9 Å². The summed E-state index contributed by atoms with van der Waals surface area (Å²) in [6, 6.07) is 2.54. The minimum Gasteiger partial charge on any atom is -0.366 e. The molecule has 0 aliphatic carbocycles. The second-order valence-corrected chi connectivity index (χ2v) is 4.87. The van der Waals surface area contributed by atoms with Crippen LogP contribution in [0.5, 0.6) is 0 Å². The van der Waals surface area contributed by atoms with E-state index in [0.29, 0.717) is 12.6 Å². The van der Waals surface area contributed by atoms with Crippen LogP contribution in [-0.2, 0) is 6.54 Å². The van der Waals surface area contributed by atoms with E-state index < -0.39 is 0 Å². The van der Waals surface area contributed by atoms with Gasteiger partial charge in [0.1, 0.15) is 0 Å². The first kappa shape index (κ1) is 12.3. The molecule has 1 unspecified atom stereocenters. The van der Waals surface area contributed by atoms with Crippen LogP contribution in [0, 0.1) is 0 Å². The van der Waals surface area contributed by atoms with Gasteiger partial charge in [0.15, 0.2) is 0 Å². The maximum atomic E-state index is 5.80. The highest BCUT2D eigenvalue weighted by molar-refractivity contribution is 5.52. The van der Waals surface area contributed by atoms with Crippen molar-refractivity contribution in [3.05, 3.63) is 24.0 Å². The Bertz CT molecular complexity index is 366. The number of nitrogens with zero attached hydrogens (tertiary/aromatic N) is 3. The van der Waals surface area contributed by atoms with Crippen molar-refractivity contribution < 1.29 is 0 Å². The van der Waals surface area contributed by atoms with Crippen LogP contribution in [0.2, 0.25) is 0 Å². The highest BCUT2D eigenvalue weighted by Gasteiger charge is 2.21. The number of rotatable bonds is 2. The van der Waals surface area contributed by atoms with Crippen molar-refractivity contribution in [1.29, 1.82) is 0 Å². The van der Waals surface area contributed by atoms with Crippen LogP contribution in [0.15, 0.2) is 18.5 Å². The van der Waals surface area contributed by atoms with Crippen molar-refractivity contribution in [1.82, 2.24) is 9.88 Å². The van der Waals surface area contributed by atoms with E-state index >= 15 is 0 Å². The molecule has 1 aliphatic rings. The number of hydrogen-bond acceptors (Lipinski definition) is 4. The molecular formula is C13H22N4. The largest absolute Gasteiger partial charge is 0.366 e. The summed E-state index contributed by atoms with van der Waals surface area (Å²) in [6.07, 6.45) is 4.96. The van der Waals surface area contributed by atoms with Crippen LogP contribution < -0.4 is 10.6 Å². The number of aromatic nitrogens is 1. The van der Waals surface area contributed by atoms with Gasteiger partial charge in [0.25, 0.3) is 0 Å². The summed E-state index contributed by atoms with van der Waals surface area (Å²) in [4.78, 5) is 9.08. The average molecular weight is 234 g/mol.